The number of para-hydroxylation sites is 2. The van der Waals surface area contributed by atoms with Gasteiger partial charge in [-0.15, -0.1) is 11.3 Å². The molecule has 2 aromatic heterocycles. The molecule has 0 atom stereocenters. The molecule has 4 aromatic rings. The second-order valence-electron chi connectivity index (χ2n) is 6.53. The fourth-order valence-electron chi connectivity index (χ4n) is 3.15. The maximum atomic E-state index is 13.1. The molecular weight excluding hydrogens is 388 g/mol. The number of thiophene rings is 1. The van der Waals surface area contributed by atoms with E-state index in [1.165, 1.54) is 6.07 Å². The molecule has 0 spiro atoms. The van der Waals surface area contributed by atoms with Crippen molar-refractivity contribution in [1.82, 2.24) is 4.57 Å². The average molecular weight is 404 g/mol. The zero-order valence-corrected chi connectivity index (χ0v) is 16.2. The Morgan fingerprint density at radius 1 is 1.07 bits per heavy atom. The van der Waals surface area contributed by atoms with Gasteiger partial charge in [0.1, 0.15) is 5.56 Å². The van der Waals surface area contributed by atoms with Gasteiger partial charge in [0.15, 0.2) is 0 Å². The van der Waals surface area contributed by atoms with Crippen molar-refractivity contribution < 1.29 is 14.7 Å². The molecule has 6 nitrogen and oxygen atoms in total. The predicted molar refractivity (Wildman–Crippen MR) is 114 cm³/mol. The molecule has 2 N–H and O–H groups in total. The number of hydrogen-bond donors (Lipinski definition) is 2. The van der Waals surface area contributed by atoms with Gasteiger partial charge in [0, 0.05) is 22.0 Å². The largest absolute Gasteiger partial charge is 0.477 e. The van der Waals surface area contributed by atoms with Gasteiger partial charge in [0.2, 0.25) is 5.43 Å². The first kappa shape index (κ1) is 18.6. The van der Waals surface area contributed by atoms with Crippen molar-refractivity contribution in [3.63, 3.8) is 0 Å². The summed E-state index contributed by atoms with van der Waals surface area (Å²) in [6.07, 6.45) is 1.07. The molecule has 0 aliphatic carbocycles. The summed E-state index contributed by atoms with van der Waals surface area (Å²) in [5, 5.41) is 14.4. The Labute approximate surface area is 169 Å². The summed E-state index contributed by atoms with van der Waals surface area (Å²) in [6.45, 7) is 2.00. The van der Waals surface area contributed by atoms with Crippen LogP contribution in [0.5, 0.6) is 0 Å². The van der Waals surface area contributed by atoms with E-state index in [9.17, 15) is 19.5 Å². The van der Waals surface area contributed by atoms with Crippen LogP contribution in [0.25, 0.3) is 21.3 Å². The molecule has 0 aliphatic rings. The summed E-state index contributed by atoms with van der Waals surface area (Å²) in [6, 6.07) is 15.3. The van der Waals surface area contributed by atoms with Crippen LogP contribution in [0.4, 0.5) is 10.5 Å². The summed E-state index contributed by atoms with van der Waals surface area (Å²) >= 11 is 1.57. The Balaban J connectivity index is 1.81. The van der Waals surface area contributed by atoms with Gasteiger partial charge in [-0.05, 0) is 42.1 Å². The highest BCUT2D eigenvalue weighted by atomic mass is 32.1. The third-order valence-corrected chi connectivity index (χ3v) is 5.61. The minimum atomic E-state index is -1.38. The highest BCUT2D eigenvalue weighted by Gasteiger charge is 2.18. The van der Waals surface area contributed by atoms with E-state index in [0.717, 1.165) is 26.8 Å². The molecule has 7 heteroatoms. The molecule has 29 heavy (non-hydrogen) atoms. The Kier molecular flexibility index (Phi) is 4.74. The Bertz CT molecular complexity index is 1320. The van der Waals surface area contributed by atoms with Gasteiger partial charge in [-0.25, -0.2) is 9.59 Å². The molecule has 0 saturated carbocycles. The third-order valence-electron chi connectivity index (χ3n) is 4.52. The van der Waals surface area contributed by atoms with Crippen LogP contribution in [0, 0.1) is 6.92 Å². The first-order chi connectivity index (χ1) is 14.0. The molecule has 0 bridgehead atoms. The molecule has 2 heterocycles. The summed E-state index contributed by atoms with van der Waals surface area (Å²) in [4.78, 5) is 38.0. The number of carboxylic acid groups (broad SMARTS) is 1. The van der Waals surface area contributed by atoms with Crippen molar-refractivity contribution in [3.05, 3.63) is 87.5 Å². The third kappa shape index (κ3) is 3.43. The fourth-order valence-corrected chi connectivity index (χ4v) is 4.09. The number of carboxylic acids is 1. The van der Waals surface area contributed by atoms with Crippen molar-refractivity contribution in [1.29, 1.82) is 0 Å². The van der Waals surface area contributed by atoms with Crippen LogP contribution < -0.4 is 10.7 Å². The lowest BCUT2D eigenvalue weighted by molar-refractivity contribution is 0.0695. The number of nitrogens with zero attached hydrogens (tertiary/aromatic N) is 1. The van der Waals surface area contributed by atoms with E-state index in [-0.39, 0.29) is 5.39 Å². The first-order valence-electron chi connectivity index (χ1n) is 8.79. The predicted octanol–water partition coefficient (Wildman–Crippen LogP) is 4.82. The lowest BCUT2D eigenvalue weighted by Crippen LogP contribution is -2.25. The van der Waals surface area contributed by atoms with Crippen LogP contribution in [0.1, 0.15) is 15.9 Å². The van der Waals surface area contributed by atoms with Crippen molar-refractivity contribution in [3.8, 4) is 10.4 Å². The fraction of sp³-hybridized carbons (Fsp3) is 0.0455. The van der Waals surface area contributed by atoms with Gasteiger partial charge >= 0.3 is 12.0 Å². The zero-order chi connectivity index (χ0) is 20.5. The molecule has 0 saturated heterocycles. The number of amides is 1. The number of hydrogen-bond acceptors (Lipinski definition) is 4. The molecule has 144 valence electrons. The molecular formula is C22H16N2O4S. The van der Waals surface area contributed by atoms with Crippen molar-refractivity contribution >= 4 is 39.9 Å². The van der Waals surface area contributed by atoms with E-state index in [1.54, 1.807) is 35.6 Å². The number of anilines is 1. The monoisotopic (exact) mass is 404 g/mol. The number of aromatic nitrogens is 1. The second-order valence-corrected chi connectivity index (χ2v) is 7.44. The Morgan fingerprint density at radius 3 is 2.52 bits per heavy atom. The van der Waals surface area contributed by atoms with E-state index in [4.69, 9.17) is 0 Å². The molecule has 0 fully saturated rings. The van der Waals surface area contributed by atoms with Crippen LogP contribution in [-0.4, -0.2) is 21.7 Å². The number of carbonyl (C=O) groups excluding carboxylic acids is 1. The van der Waals surface area contributed by atoms with Gasteiger partial charge in [0.25, 0.3) is 0 Å². The topological polar surface area (TPSA) is 88.4 Å². The number of aryl methyl sites for hydroxylation is 1. The molecule has 1 amide bonds. The lowest BCUT2D eigenvalue weighted by Gasteiger charge is -2.14. The van der Waals surface area contributed by atoms with Crippen LogP contribution >= 0.6 is 11.3 Å². The molecule has 4 rings (SSSR count). The SMILES string of the molecule is Cc1csc(-c2ccccc2NC(=O)n2cc(C(=O)O)c(=O)c3ccccc32)c1. The smallest absolute Gasteiger partial charge is 0.341 e. The van der Waals surface area contributed by atoms with Crippen LogP contribution in [0.3, 0.4) is 0 Å². The van der Waals surface area contributed by atoms with Crippen LogP contribution in [0.15, 0.2) is 71.0 Å². The van der Waals surface area contributed by atoms with E-state index < -0.39 is 23.0 Å². The standard InChI is InChI=1S/C22H16N2O4S/c1-13-10-19(29-12-13)14-6-2-4-8-17(14)23-22(28)24-11-16(21(26)27)20(25)15-7-3-5-9-18(15)24/h2-12H,1H3,(H,23,28)(H,26,27). The van der Waals surface area contributed by atoms with Crippen molar-refractivity contribution in [2.24, 2.45) is 0 Å². The number of benzene rings is 2. The van der Waals surface area contributed by atoms with Gasteiger partial charge in [-0.2, -0.15) is 0 Å². The highest BCUT2D eigenvalue weighted by molar-refractivity contribution is 7.13. The number of rotatable bonds is 3. The number of nitrogens with one attached hydrogen (secondary N) is 1. The minimum Gasteiger partial charge on any atom is -0.477 e. The van der Waals surface area contributed by atoms with Crippen molar-refractivity contribution in [2.75, 3.05) is 5.32 Å². The summed E-state index contributed by atoms with van der Waals surface area (Å²) in [5.74, 6) is -1.38. The first-order valence-corrected chi connectivity index (χ1v) is 9.67. The summed E-state index contributed by atoms with van der Waals surface area (Å²) in [7, 11) is 0. The van der Waals surface area contributed by atoms with Gasteiger partial charge in [-0.3, -0.25) is 9.36 Å². The molecule has 2 aromatic carbocycles. The van der Waals surface area contributed by atoms with E-state index in [0.29, 0.717) is 11.2 Å². The number of aromatic carboxylic acids is 1. The highest BCUT2D eigenvalue weighted by Crippen LogP contribution is 2.33. The minimum absolute atomic E-state index is 0.171. The Morgan fingerprint density at radius 2 is 1.79 bits per heavy atom. The summed E-state index contributed by atoms with van der Waals surface area (Å²) in [5.41, 5.74) is 1.85. The van der Waals surface area contributed by atoms with Crippen LogP contribution in [-0.2, 0) is 0 Å². The number of fused-ring (bicyclic) bond motifs is 1. The van der Waals surface area contributed by atoms with Gasteiger partial charge in [-0.1, -0.05) is 30.3 Å². The maximum Gasteiger partial charge on any atom is 0.341 e. The maximum absolute atomic E-state index is 13.1. The van der Waals surface area contributed by atoms with Crippen LogP contribution in [0.2, 0.25) is 0 Å². The molecule has 0 radical (unpaired) electrons. The molecule has 0 unspecified atom stereocenters. The van der Waals surface area contributed by atoms with Gasteiger partial charge < -0.3 is 10.4 Å². The normalized spacial score (nSPS) is 10.8. The lowest BCUT2D eigenvalue weighted by atomic mass is 10.1. The van der Waals surface area contributed by atoms with E-state index in [2.05, 4.69) is 5.32 Å². The number of pyridine rings is 1. The quantitative estimate of drug-likeness (QED) is 0.513. The summed E-state index contributed by atoms with van der Waals surface area (Å²) < 4.78 is 1.16. The Hall–Kier alpha value is -3.71. The van der Waals surface area contributed by atoms with Gasteiger partial charge in [0.05, 0.1) is 11.2 Å². The zero-order valence-electron chi connectivity index (χ0n) is 15.4. The van der Waals surface area contributed by atoms with E-state index in [1.807, 2.05) is 36.6 Å². The van der Waals surface area contributed by atoms with E-state index >= 15 is 0 Å². The van der Waals surface area contributed by atoms with Crippen molar-refractivity contribution in [2.45, 2.75) is 6.92 Å². The molecule has 0 aliphatic heterocycles. The second kappa shape index (κ2) is 7.37. The number of carbonyl (C=O) groups is 2. The average Bonchev–Trinajstić information content (AvgIpc) is 3.14.